The summed E-state index contributed by atoms with van der Waals surface area (Å²) in [5, 5.41) is 6.97. The summed E-state index contributed by atoms with van der Waals surface area (Å²) in [4.78, 5) is 9.40. The third kappa shape index (κ3) is 6.54. The molecule has 1 aromatic rings. The summed E-state index contributed by atoms with van der Waals surface area (Å²) >= 11 is 0. The number of hydrogen-bond acceptors (Lipinski definition) is 4. The van der Waals surface area contributed by atoms with Crippen LogP contribution in [0.3, 0.4) is 0 Å². The van der Waals surface area contributed by atoms with E-state index in [0.717, 1.165) is 50.2 Å². The summed E-state index contributed by atoms with van der Waals surface area (Å²) in [5.41, 5.74) is 0. The fourth-order valence-electron chi connectivity index (χ4n) is 3.93. The topological polar surface area (TPSA) is 56.0 Å². The number of furan rings is 1. The Kier molecular flexibility index (Phi) is 8.64. The fourth-order valence-corrected chi connectivity index (χ4v) is 3.93. The van der Waals surface area contributed by atoms with E-state index in [2.05, 4.69) is 65.3 Å². The predicted octanol–water partition coefficient (Wildman–Crippen LogP) is 3.01. The molecule has 0 bridgehead atoms. The molecule has 6 nitrogen and oxygen atoms in total. The first-order valence-electron chi connectivity index (χ1n) is 10.4. The molecule has 2 N–H and O–H groups in total. The van der Waals surface area contributed by atoms with Gasteiger partial charge in [-0.25, -0.2) is 0 Å². The van der Waals surface area contributed by atoms with Gasteiger partial charge in [-0.2, -0.15) is 0 Å². The molecule has 6 heteroatoms. The van der Waals surface area contributed by atoms with Crippen molar-refractivity contribution in [2.24, 2.45) is 4.99 Å². The van der Waals surface area contributed by atoms with Gasteiger partial charge in [-0.05, 0) is 72.7 Å². The van der Waals surface area contributed by atoms with Gasteiger partial charge in [-0.15, -0.1) is 0 Å². The molecule has 2 heterocycles. The summed E-state index contributed by atoms with van der Waals surface area (Å²) in [6, 6.07) is 5.51. The van der Waals surface area contributed by atoms with E-state index < -0.39 is 0 Å². The lowest BCUT2D eigenvalue weighted by Gasteiger charge is -2.31. The first-order valence-corrected chi connectivity index (χ1v) is 10.4. The fraction of sp³-hybridized carbons (Fsp3) is 0.762. The van der Waals surface area contributed by atoms with E-state index in [1.165, 1.54) is 12.8 Å². The molecule has 0 amide bonds. The Balaban J connectivity index is 1.88. The van der Waals surface area contributed by atoms with Crippen LogP contribution in [-0.4, -0.2) is 67.6 Å². The molecule has 0 saturated carbocycles. The Bertz CT molecular complexity index is 567. The van der Waals surface area contributed by atoms with Crippen LogP contribution < -0.4 is 10.6 Å². The Morgan fingerprint density at radius 3 is 2.33 bits per heavy atom. The molecule has 27 heavy (non-hydrogen) atoms. The second-order valence-electron chi connectivity index (χ2n) is 8.01. The van der Waals surface area contributed by atoms with Gasteiger partial charge in [0.1, 0.15) is 11.5 Å². The molecule has 1 aromatic heterocycles. The van der Waals surface area contributed by atoms with Crippen LogP contribution in [0.4, 0.5) is 0 Å². The van der Waals surface area contributed by atoms with Crippen molar-refractivity contribution in [3.05, 3.63) is 23.7 Å². The van der Waals surface area contributed by atoms with Gasteiger partial charge < -0.3 is 15.1 Å². The maximum absolute atomic E-state index is 5.94. The Morgan fingerprint density at radius 1 is 1.15 bits per heavy atom. The molecule has 0 aliphatic carbocycles. The van der Waals surface area contributed by atoms with Crippen molar-refractivity contribution in [1.82, 2.24) is 20.4 Å². The van der Waals surface area contributed by atoms with Crippen molar-refractivity contribution >= 4 is 5.96 Å². The summed E-state index contributed by atoms with van der Waals surface area (Å²) < 4.78 is 5.94. The van der Waals surface area contributed by atoms with Gasteiger partial charge in [0.05, 0.1) is 6.04 Å². The lowest BCUT2D eigenvalue weighted by molar-refractivity contribution is 0.178. The molecule has 154 valence electrons. The van der Waals surface area contributed by atoms with Crippen molar-refractivity contribution in [1.29, 1.82) is 0 Å². The minimum absolute atomic E-state index is 0.252. The van der Waals surface area contributed by atoms with E-state index in [1.54, 1.807) is 0 Å². The molecule has 1 aliphatic rings. The van der Waals surface area contributed by atoms with Crippen LogP contribution in [0.2, 0.25) is 0 Å². The minimum Gasteiger partial charge on any atom is -0.465 e. The molecule has 0 spiro atoms. The summed E-state index contributed by atoms with van der Waals surface area (Å²) in [7, 11) is 1.83. The van der Waals surface area contributed by atoms with E-state index in [-0.39, 0.29) is 6.04 Å². The Morgan fingerprint density at radius 2 is 1.81 bits per heavy atom. The van der Waals surface area contributed by atoms with Crippen molar-refractivity contribution < 1.29 is 4.42 Å². The zero-order valence-corrected chi connectivity index (χ0v) is 18.1. The summed E-state index contributed by atoms with van der Waals surface area (Å²) in [6.07, 6.45) is 2.53. The Labute approximate surface area is 165 Å². The minimum atomic E-state index is 0.252. The van der Waals surface area contributed by atoms with Crippen LogP contribution in [0, 0.1) is 6.92 Å². The van der Waals surface area contributed by atoms with Gasteiger partial charge in [-0.3, -0.25) is 14.8 Å². The van der Waals surface area contributed by atoms with Crippen molar-refractivity contribution in [3.8, 4) is 0 Å². The highest BCUT2D eigenvalue weighted by Crippen LogP contribution is 2.26. The van der Waals surface area contributed by atoms with Crippen molar-refractivity contribution in [2.75, 3.05) is 39.8 Å². The predicted molar refractivity (Wildman–Crippen MR) is 113 cm³/mol. The zero-order valence-electron chi connectivity index (χ0n) is 18.1. The molecule has 1 atom stereocenters. The number of rotatable bonds is 9. The highest BCUT2D eigenvalue weighted by molar-refractivity contribution is 5.79. The Hall–Kier alpha value is -1.53. The van der Waals surface area contributed by atoms with Gasteiger partial charge in [0.15, 0.2) is 5.96 Å². The molecule has 1 unspecified atom stereocenters. The average molecular weight is 378 g/mol. The van der Waals surface area contributed by atoms with Crippen LogP contribution >= 0.6 is 0 Å². The van der Waals surface area contributed by atoms with Gasteiger partial charge >= 0.3 is 0 Å². The molecular weight excluding hydrogens is 338 g/mol. The van der Waals surface area contributed by atoms with Crippen LogP contribution in [0.25, 0.3) is 0 Å². The third-order valence-corrected chi connectivity index (χ3v) is 5.35. The quantitative estimate of drug-likeness (QED) is 0.512. The van der Waals surface area contributed by atoms with Crippen molar-refractivity contribution in [3.63, 3.8) is 0 Å². The van der Waals surface area contributed by atoms with Crippen molar-refractivity contribution in [2.45, 2.75) is 65.6 Å². The summed E-state index contributed by atoms with van der Waals surface area (Å²) in [5.74, 6) is 2.87. The largest absolute Gasteiger partial charge is 0.465 e. The standard InChI is InChI=1S/C21H39N5O/c1-16(2)26(17(3)4)14-11-23-21(22-6)24-15-19(25-12-7-8-13-25)20-10-9-18(5)27-20/h9-10,16-17,19H,7-8,11-15H2,1-6H3,(H2,22,23,24). The summed E-state index contributed by atoms with van der Waals surface area (Å²) in [6.45, 7) is 16.0. The van der Waals surface area contributed by atoms with E-state index in [9.17, 15) is 0 Å². The van der Waals surface area contributed by atoms with E-state index in [4.69, 9.17) is 4.42 Å². The number of likely N-dealkylation sites (tertiary alicyclic amines) is 1. The van der Waals surface area contributed by atoms with Gasteiger partial charge in [0, 0.05) is 38.8 Å². The second kappa shape index (κ2) is 10.7. The number of nitrogens with zero attached hydrogens (tertiary/aromatic N) is 3. The van der Waals surface area contributed by atoms with Gasteiger partial charge in [0.25, 0.3) is 0 Å². The molecule has 0 aromatic carbocycles. The zero-order chi connectivity index (χ0) is 19.8. The first kappa shape index (κ1) is 21.8. The number of aryl methyl sites for hydroxylation is 1. The number of aliphatic imine (C=N–C) groups is 1. The normalized spacial score (nSPS) is 17.3. The molecular formula is C21H39N5O. The van der Waals surface area contributed by atoms with Crippen LogP contribution in [-0.2, 0) is 0 Å². The molecule has 1 fully saturated rings. The number of guanidine groups is 1. The van der Waals surface area contributed by atoms with Gasteiger partial charge in [-0.1, -0.05) is 0 Å². The lowest BCUT2D eigenvalue weighted by atomic mass is 10.2. The SMILES string of the molecule is CN=C(NCCN(C(C)C)C(C)C)NCC(c1ccc(C)o1)N1CCCC1. The highest BCUT2D eigenvalue weighted by atomic mass is 16.3. The molecule has 2 rings (SSSR count). The highest BCUT2D eigenvalue weighted by Gasteiger charge is 2.26. The lowest BCUT2D eigenvalue weighted by Crippen LogP contribution is -2.46. The third-order valence-electron chi connectivity index (χ3n) is 5.35. The molecule has 1 aliphatic heterocycles. The van der Waals surface area contributed by atoms with E-state index in [1.807, 2.05) is 14.0 Å². The average Bonchev–Trinajstić information content (AvgIpc) is 3.28. The number of hydrogen-bond donors (Lipinski definition) is 2. The van der Waals surface area contributed by atoms with E-state index >= 15 is 0 Å². The van der Waals surface area contributed by atoms with Gasteiger partial charge in [0.2, 0.25) is 0 Å². The van der Waals surface area contributed by atoms with Crippen LogP contribution in [0.5, 0.6) is 0 Å². The molecule has 0 radical (unpaired) electrons. The number of nitrogens with one attached hydrogen (secondary N) is 2. The molecule has 1 saturated heterocycles. The first-order chi connectivity index (χ1) is 12.9. The maximum Gasteiger partial charge on any atom is 0.191 e. The van der Waals surface area contributed by atoms with Crippen LogP contribution in [0.15, 0.2) is 21.5 Å². The maximum atomic E-state index is 5.94. The monoisotopic (exact) mass is 377 g/mol. The second-order valence-corrected chi connectivity index (χ2v) is 8.01. The smallest absolute Gasteiger partial charge is 0.191 e. The van der Waals surface area contributed by atoms with E-state index in [0.29, 0.717) is 12.1 Å². The van der Waals surface area contributed by atoms with Crippen LogP contribution in [0.1, 0.15) is 58.1 Å².